The van der Waals surface area contributed by atoms with E-state index < -0.39 is 0 Å². The minimum absolute atomic E-state index is 0.170. The molecule has 0 atom stereocenters. The van der Waals surface area contributed by atoms with Gasteiger partial charge in [0, 0.05) is 12.2 Å². The number of fused-ring (bicyclic) bond motifs is 1. The Morgan fingerprint density at radius 2 is 1.81 bits per heavy atom. The molecule has 3 aromatic carbocycles. The van der Waals surface area contributed by atoms with Crippen LogP contribution in [0.25, 0.3) is 10.8 Å². The molecule has 0 aliphatic heterocycles. The number of benzene rings is 3. The summed E-state index contributed by atoms with van der Waals surface area (Å²) in [5.74, 6) is 0.297. The van der Waals surface area contributed by atoms with Crippen molar-refractivity contribution in [2.24, 2.45) is 0 Å². The van der Waals surface area contributed by atoms with Gasteiger partial charge in [-0.15, -0.1) is 0 Å². The van der Waals surface area contributed by atoms with E-state index in [0.717, 1.165) is 27.6 Å². The monoisotopic (exact) mass is 366 g/mol. The van der Waals surface area contributed by atoms with Crippen LogP contribution in [0.2, 0.25) is 0 Å². The van der Waals surface area contributed by atoms with Crippen LogP contribution in [-0.2, 0) is 11.3 Å². The number of ether oxygens (including phenoxy) is 1. The van der Waals surface area contributed by atoms with Gasteiger partial charge in [-0.2, -0.15) is 0 Å². The maximum absolute atomic E-state index is 13.4. The Labute approximate surface area is 158 Å². The molecule has 0 bridgehead atoms. The Bertz CT molecular complexity index is 972. The number of amides is 1. The third-order valence-electron chi connectivity index (χ3n) is 4.45. The van der Waals surface area contributed by atoms with Crippen LogP contribution in [0.15, 0.2) is 54.6 Å². The molecule has 3 aromatic rings. The zero-order chi connectivity index (χ0) is 19.4. The highest BCUT2D eigenvalue weighted by Gasteiger charge is 2.10. The normalized spacial score (nSPS) is 11.0. The smallest absolute Gasteiger partial charge is 0.238 e. The topological polar surface area (TPSA) is 41.6 Å². The summed E-state index contributed by atoms with van der Waals surface area (Å²) < 4.78 is 18.6. The Hall–Kier alpha value is -2.92. The molecule has 1 N–H and O–H groups in total. The first-order valence-electron chi connectivity index (χ1n) is 8.76. The summed E-state index contributed by atoms with van der Waals surface area (Å²) in [4.78, 5) is 14.2. The molecule has 3 rings (SSSR count). The van der Waals surface area contributed by atoms with E-state index in [-0.39, 0.29) is 18.3 Å². The van der Waals surface area contributed by atoms with E-state index in [1.54, 1.807) is 13.2 Å². The van der Waals surface area contributed by atoms with Gasteiger partial charge >= 0.3 is 0 Å². The SMILES string of the molecule is COc1ccc2cc(CN(C)CC(=O)Nc3cc(F)ccc3C)ccc2c1. The number of hydrogen-bond donors (Lipinski definition) is 1. The molecule has 1 amide bonds. The van der Waals surface area contributed by atoms with E-state index in [9.17, 15) is 9.18 Å². The van der Waals surface area contributed by atoms with E-state index in [0.29, 0.717) is 12.2 Å². The minimum Gasteiger partial charge on any atom is -0.497 e. The number of methoxy groups -OCH3 is 1. The molecule has 0 aliphatic rings. The maximum Gasteiger partial charge on any atom is 0.238 e. The zero-order valence-corrected chi connectivity index (χ0v) is 15.8. The van der Waals surface area contributed by atoms with Gasteiger partial charge in [-0.3, -0.25) is 9.69 Å². The van der Waals surface area contributed by atoms with Gasteiger partial charge in [0.1, 0.15) is 11.6 Å². The first kappa shape index (κ1) is 18.9. The average molecular weight is 366 g/mol. The highest BCUT2D eigenvalue weighted by molar-refractivity contribution is 5.93. The van der Waals surface area contributed by atoms with Crippen molar-refractivity contribution in [3.05, 3.63) is 71.5 Å². The molecule has 0 heterocycles. The fraction of sp³-hybridized carbons (Fsp3) is 0.227. The largest absolute Gasteiger partial charge is 0.497 e. The van der Waals surface area contributed by atoms with E-state index in [1.807, 2.05) is 43.1 Å². The van der Waals surface area contributed by atoms with Gasteiger partial charge in [0.25, 0.3) is 0 Å². The number of carbonyl (C=O) groups excluding carboxylic acids is 1. The van der Waals surface area contributed by atoms with Gasteiger partial charge < -0.3 is 10.1 Å². The molecule has 5 heteroatoms. The Kier molecular flexibility index (Phi) is 5.72. The van der Waals surface area contributed by atoms with E-state index >= 15 is 0 Å². The first-order valence-corrected chi connectivity index (χ1v) is 8.76. The molecular weight excluding hydrogens is 343 g/mol. The average Bonchev–Trinajstić information content (AvgIpc) is 2.64. The quantitative estimate of drug-likeness (QED) is 0.704. The number of halogens is 1. The lowest BCUT2D eigenvalue weighted by Gasteiger charge is -2.17. The van der Waals surface area contributed by atoms with Gasteiger partial charge in [-0.1, -0.05) is 24.3 Å². The third-order valence-corrected chi connectivity index (χ3v) is 4.45. The molecule has 0 unspecified atom stereocenters. The van der Waals surface area contributed by atoms with Crippen LogP contribution in [0.4, 0.5) is 10.1 Å². The second-order valence-corrected chi connectivity index (χ2v) is 6.73. The van der Waals surface area contributed by atoms with Crippen LogP contribution < -0.4 is 10.1 Å². The van der Waals surface area contributed by atoms with Crippen LogP contribution >= 0.6 is 0 Å². The molecule has 0 fully saturated rings. The van der Waals surface area contributed by atoms with E-state index in [1.165, 1.54) is 12.1 Å². The lowest BCUT2D eigenvalue weighted by atomic mass is 10.1. The van der Waals surface area contributed by atoms with Gasteiger partial charge in [0.2, 0.25) is 5.91 Å². The number of nitrogens with zero attached hydrogens (tertiary/aromatic N) is 1. The van der Waals surface area contributed by atoms with Crippen LogP contribution in [0.3, 0.4) is 0 Å². The molecule has 0 aromatic heterocycles. The van der Waals surface area contributed by atoms with Crippen LogP contribution in [-0.4, -0.2) is 31.5 Å². The molecule has 0 radical (unpaired) electrons. The van der Waals surface area contributed by atoms with Crippen molar-refractivity contribution in [1.82, 2.24) is 4.90 Å². The summed E-state index contributed by atoms with van der Waals surface area (Å²) in [6, 6.07) is 16.5. The van der Waals surface area contributed by atoms with Crippen molar-refractivity contribution in [3.8, 4) is 5.75 Å². The Morgan fingerprint density at radius 3 is 2.59 bits per heavy atom. The molecule has 140 valence electrons. The fourth-order valence-corrected chi connectivity index (χ4v) is 3.03. The predicted molar refractivity (Wildman–Crippen MR) is 107 cm³/mol. The second-order valence-electron chi connectivity index (χ2n) is 6.73. The van der Waals surface area contributed by atoms with Crippen molar-refractivity contribution < 1.29 is 13.9 Å². The van der Waals surface area contributed by atoms with Gasteiger partial charge in [0.15, 0.2) is 0 Å². The van der Waals surface area contributed by atoms with Crippen LogP contribution in [0.5, 0.6) is 5.75 Å². The standard InChI is InChI=1S/C22H23FN2O2/c1-15-4-8-19(23)12-21(15)24-22(26)14-25(2)13-16-5-6-18-11-20(27-3)9-7-17(18)10-16/h4-12H,13-14H2,1-3H3,(H,24,26). The number of aryl methyl sites for hydroxylation is 1. The third kappa shape index (κ3) is 4.83. The second kappa shape index (κ2) is 8.18. The van der Waals surface area contributed by atoms with Gasteiger partial charge in [0.05, 0.1) is 13.7 Å². The summed E-state index contributed by atoms with van der Waals surface area (Å²) in [5, 5.41) is 5.01. The van der Waals surface area contributed by atoms with Gasteiger partial charge in [-0.05, 0) is 66.2 Å². The van der Waals surface area contributed by atoms with Crippen molar-refractivity contribution >= 4 is 22.4 Å². The van der Waals surface area contributed by atoms with E-state index in [2.05, 4.69) is 17.4 Å². The van der Waals surface area contributed by atoms with Crippen molar-refractivity contribution in [3.63, 3.8) is 0 Å². The molecule has 0 aliphatic carbocycles. The molecule has 0 saturated heterocycles. The summed E-state index contributed by atoms with van der Waals surface area (Å²) in [6.45, 7) is 2.69. The van der Waals surface area contributed by atoms with Crippen LogP contribution in [0, 0.1) is 12.7 Å². The molecule has 4 nitrogen and oxygen atoms in total. The Balaban J connectivity index is 1.63. The Morgan fingerprint density at radius 1 is 1.07 bits per heavy atom. The molecule has 0 spiro atoms. The van der Waals surface area contributed by atoms with Crippen molar-refractivity contribution in [1.29, 1.82) is 0 Å². The maximum atomic E-state index is 13.4. The first-order chi connectivity index (χ1) is 12.9. The predicted octanol–water partition coefficient (Wildman–Crippen LogP) is 4.37. The minimum atomic E-state index is -0.364. The number of carbonyl (C=O) groups is 1. The number of nitrogens with one attached hydrogen (secondary N) is 1. The zero-order valence-electron chi connectivity index (χ0n) is 15.8. The lowest BCUT2D eigenvalue weighted by Crippen LogP contribution is -2.30. The molecular formula is C22H23FN2O2. The van der Waals surface area contributed by atoms with Gasteiger partial charge in [-0.25, -0.2) is 4.39 Å². The van der Waals surface area contributed by atoms with Crippen molar-refractivity contribution in [2.75, 3.05) is 26.0 Å². The number of likely N-dealkylation sites (N-methyl/N-ethyl adjacent to an activating group) is 1. The van der Waals surface area contributed by atoms with Crippen molar-refractivity contribution in [2.45, 2.75) is 13.5 Å². The summed E-state index contributed by atoms with van der Waals surface area (Å²) in [6.07, 6.45) is 0. The highest BCUT2D eigenvalue weighted by Crippen LogP contribution is 2.22. The summed E-state index contributed by atoms with van der Waals surface area (Å²) in [5.41, 5.74) is 2.45. The molecule has 27 heavy (non-hydrogen) atoms. The lowest BCUT2D eigenvalue weighted by molar-refractivity contribution is -0.117. The summed E-state index contributed by atoms with van der Waals surface area (Å²) >= 11 is 0. The number of hydrogen-bond acceptors (Lipinski definition) is 3. The fourth-order valence-electron chi connectivity index (χ4n) is 3.03. The summed E-state index contributed by atoms with van der Waals surface area (Å²) in [7, 11) is 3.54. The highest BCUT2D eigenvalue weighted by atomic mass is 19.1. The number of rotatable bonds is 6. The van der Waals surface area contributed by atoms with Crippen LogP contribution in [0.1, 0.15) is 11.1 Å². The van der Waals surface area contributed by atoms with E-state index in [4.69, 9.17) is 4.74 Å². The molecule has 0 saturated carbocycles. The number of anilines is 1.